The Bertz CT molecular complexity index is 264. The fraction of sp³-hybridized carbons (Fsp3) is 0.917. The molecular weight excluding hydrogens is 222 g/mol. The van der Waals surface area contributed by atoms with E-state index in [1.54, 1.807) is 0 Å². The Kier molecular flexibility index (Phi) is 3.80. The van der Waals surface area contributed by atoms with Gasteiger partial charge in [-0.05, 0) is 49.7 Å². The molecule has 0 aromatic heterocycles. The number of hydrogen-bond acceptors (Lipinski definition) is 3. The summed E-state index contributed by atoms with van der Waals surface area (Å²) in [5.41, 5.74) is -0.542. The smallest absolute Gasteiger partial charge is 0.324 e. The van der Waals surface area contributed by atoms with Gasteiger partial charge in [0, 0.05) is 6.54 Å². The lowest BCUT2D eigenvalue weighted by atomic mass is 9.86. The van der Waals surface area contributed by atoms with Gasteiger partial charge in [0.1, 0.15) is 5.54 Å². The summed E-state index contributed by atoms with van der Waals surface area (Å²) in [7, 11) is 0. The van der Waals surface area contributed by atoms with E-state index in [9.17, 15) is 9.90 Å². The molecule has 1 N–H and O–H groups in total. The molecule has 0 amide bonds. The maximum absolute atomic E-state index is 11.6. The zero-order valence-electron chi connectivity index (χ0n) is 9.95. The van der Waals surface area contributed by atoms with Crippen molar-refractivity contribution in [2.45, 2.75) is 38.1 Å². The van der Waals surface area contributed by atoms with Crippen LogP contribution in [0.4, 0.5) is 0 Å². The van der Waals surface area contributed by atoms with E-state index in [0.29, 0.717) is 5.92 Å². The van der Waals surface area contributed by atoms with Crippen molar-refractivity contribution in [2.24, 2.45) is 5.92 Å². The van der Waals surface area contributed by atoms with E-state index < -0.39 is 11.5 Å². The van der Waals surface area contributed by atoms with Crippen LogP contribution in [0.5, 0.6) is 0 Å². The molecule has 1 atom stereocenters. The third-order valence-corrected chi connectivity index (χ3v) is 4.97. The quantitative estimate of drug-likeness (QED) is 0.806. The van der Waals surface area contributed by atoms with Crippen LogP contribution in [0.2, 0.25) is 0 Å². The van der Waals surface area contributed by atoms with Gasteiger partial charge in [-0.2, -0.15) is 11.8 Å². The Morgan fingerprint density at radius 1 is 1.44 bits per heavy atom. The van der Waals surface area contributed by atoms with Gasteiger partial charge in [0.25, 0.3) is 0 Å². The number of aliphatic carboxylic acids is 1. The molecule has 2 fully saturated rings. The topological polar surface area (TPSA) is 40.5 Å². The monoisotopic (exact) mass is 243 g/mol. The minimum Gasteiger partial charge on any atom is -0.480 e. The molecule has 92 valence electrons. The van der Waals surface area contributed by atoms with Gasteiger partial charge in [-0.3, -0.25) is 9.69 Å². The highest BCUT2D eigenvalue weighted by molar-refractivity contribution is 7.99. The van der Waals surface area contributed by atoms with E-state index in [2.05, 4.69) is 11.8 Å². The first-order chi connectivity index (χ1) is 7.65. The number of piperidine rings is 1. The van der Waals surface area contributed by atoms with E-state index in [0.717, 1.165) is 43.9 Å². The van der Waals surface area contributed by atoms with Crippen LogP contribution in [0.25, 0.3) is 0 Å². The zero-order chi connectivity index (χ0) is 11.6. The Morgan fingerprint density at radius 2 is 2.12 bits per heavy atom. The highest BCUT2D eigenvalue weighted by Gasteiger charge is 2.45. The molecule has 0 spiro atoms. The van der Waals surface area contributed by atoms with Crippen LogP contribution in [0.3, 0.4) is 0 Å². The van der Waals surface area contributed by atoms with E-state index in [1.807, 2.05) is 11.8 Å². The van der Waals surface area contributed by atoms with E-state index in [-0.39, 0.29) is 0 Å². The lowest BCUT2D eigenvalue weighted by molar-refractivity contribution is -0.154. The second-order valence-electron chi connectivity index (χ2n) is 5.14. The predicted octanol–water partition coefficient (Wildman–Crippen LogP) is 2.07. The van der Waals surface area contributed by atoms with Crippen LogP contribution in [0.15, 0.2) is 0 Å². The molecule has 0 saturated carbocycles. The molecular formula is C12H21NO2S. The molecule has 4 heteroatoms. The number of rotatable bonds is 2. The molecule has 0 radical (unpaired) electrons. The average molecular weight is 243 g/mol. The van der Waals surface area contributed by atoms with Gasteiger partial charge in [-0.1, -0.05) is 6.92 Å². The molecule has 0 aromatic rings. The lowest BCUT2D eigenvalue weighted by Crippen LogP contribution is -2.59. The van der Waals surface area contributed by atoms with Gasteiger partial charge in [0.15, 0.2) is 0 Å². The van der Waals surface area contributed by atoms with Gasteiger partial charge in [0.2, 0.25) is 0 Å². The summed E-state index contributed by atoms with van der Waals surface area (Å²) in [5, 5.41) is 9.58. The van der Waals surface area contributed by atoms with Crippen LogP contribution in [-0.4, -0.2) is 46.1 Å². The molecule has 2 saturated heterocycles. The number of carboxylic acids is 1. The molecule has 0 bridgehead atoms. The third kappa shape index (κ3) is 2.23. The highest BCUT2D eigenvalue weighted by Crippen LogP contribution is 2.35. The summed E-state index contributed by atoms with van der Waals surface area (Å²) in [4.78, 5) is 13.9. The first kappa shape index (κ1) is 12.2. The average Bonchev–Trinajstić information content (AvgIpc) is 2.30. The lowest BCUT2D eigenvalue weighted by Gasteiger charge is -2.46. The largest absolute Gasteiger partial charge is 0.480 e. The van der Waals surface area contributed by atoms with Crippen molar-refractivity contribution < 1.29 is 9.90 Å². The fourth-order valence-electron chi connectivity index (χ4n) is 2.95. The fourth-order valence-corrected chi connectivity index (χ4v) is 4.12. The van der Waals surface area contributed by atoms with Crippen molar-refractivity contribution in [1.82, 2.24) is 4.90 Å². The number of nitrogens with zero attached hydrogens (tertiary/aromatic N) is 1. The van der Waals surface area contributed by atoms with Crippen LogP contribution in [0, 0.1) is 5.92 Å². The summed E-state index contributed by atoms with van der Waals surface area (Å²) in [5.74, 6) is 2.05. The van der Waals surface area contributed by atoms with E-state index >= 15 is 0 Å². The molecule has 2 heterocycles. The summed E-state index contributed by atoms with van der Waals surface area (Å²) in [6, 6.07) is 0. The molecule has 2 aliphatic heterocycles. The second-order valence-corrected chi connectivity index (χ2v) is 6.37. The Balaban J connectivity index is 2.14. The minimum atomic E-state index is -0.595. The van der Waals surface area contributed by atoms with Gasteiger partial charge in [-0.15, -0.1) is 0 Å². The number of carbonyl (C=O) groups is 1. The molecule has 0 aliphatic carbocycles. The first-order valence-corrected chi connectivity index (χ1v) is 7.37. The standard InChI is InChI=1S/C12H21NO2S/c1-10-3-2-6-13(9-10)12(11(14)15)4-7-16-8-5-12/h10H,2-9H2,1H3,(H,14,15). The van der Waals surface area contributed by atoms with Crippen molar-refractivity contribution in [3.63, 3.8) is 0 Å². The summed E-state index contributed by atoms with van der Waals surface area (Å²) >= 11 is 1.89. The van der Waals surface area contributed by atoms with Crippen LogP contribution < -0.4 is 0 Å². The Hall–Kier alpha value is -0.220. The number of thioether (sulfide) groups is 1. The zero-order valence-corrected chi connectivity index (χ0v) is 10.8. The van der Waals surface area contributed by atoms with E-state index in [4.69, 9.17) is 0 Å². The van der Waals surface area contributed by atoms with Gasteiger partial charge in [-0.25, -0.2) is 0 Å². The number of carboxylic acid groups (broad SMARTS) is 1. The maximum atomic E-state index is 11.6. The van der Waals surface area contributed by atoms with Gasteiger partial charge in [0.05, 0.1) is 0 Å². The highest BCUT2D eigenvalue weighted by atomic mass is 32.2. The van der Waals surface area contributed by atoms with Crippen molar-refractivity contribution in [2.75, 3.05) is 24.6 Å². The third-order valence-electron chi connectivity index (χ3n) is 3.98. The SMILES string of the molecule is CC1CCCN(C2(C(=O)O)CCSCC2)C1. The minimum absolute atomic E-state index is 0.542. The Morgan fingerprint density at radius 3 is 2.69 bits per heavy atom. The predicted molar refractivity (Wildman–Crippen MR) is 66.9 cm³/mol. The van der Waals surface area contributed by atoms with Crippen LogP contribution >= 0.6 is 11.8 Å². The molecule has 0 aromatic carbocycles. The van der Waals surface area contributed by atoms with Crippen molar-refractivity contribution in [3.8, 4) is 0 Å². The van der Waals surface area contributed by atoms with Crippen LogP contribution in [-0.2, 0) is 4.79 Å². The maximum Gasteiger partial charge on any atom is 0.324 e. The Labute approximate surface area is 102 Å². The normalized spacial score (nSPS) is 31.2. The van der Waals surface area contributed by atoms with Crippen molar-refractivity contribution >= 4 is 17.7 Å². The number of likely N-dealkylation sites (tertiary alicyclic amines) is 1. The molecule has 1 unspecified atom stereocenters. The van der Waals surface area contributed by atoms with Gasteiger partial charge < -0.3 is 5.11 Å². The van der Waals surface area contributed by atoms with Crippen molar-refractivity contribution in [1.29, 1.82) is 0 Å². The first-order valence-electron chi connectivity index (χ1n) is 6.21. The summed E-state index contributed by atoms with van der Waals surface area (Å²) < 4.78 is 0. The molecule has 16 heavy (non-hydrogen) atoms. The van der Waals surface area contributed by atoms with Crippen LogP contribution in [0.1, 0.15) is 32.6 Å². The molecule has 2 aliphatic rings. The molecule has 3 nitrogen and oxygen atoms in total. The van der Waals surface area contributed by atoms with Crippen molar-refractivity contribution in [3.05, 3.63) is 0 Å². The summed E-state index contributed by atoms with van der Waals surface area (Å²) in [6.45, 7) is 4.18. The second kappa shape index (κ2) is 4.96. The van der Waals surface area contributed by atoms with Gasteiger partial charge >= 0.3 is 5.97 Å². The number of hydrogen-bond donors (Lipinski definition) is 1. The van der Waals surface area contributed by atoms with E-state index in [1.165, 1.54) is 6.42 Å². The summed E-state index contributed by atoms with van der Waals surface area (Å²) in [6.07, 6.45) is 4.05. The molecule has 2 rings (SSSR count).